The molecule has 6 heteroatoms. The lowest BCUT2D eigenvalue weighted by Crippen LogP contribution is -2.52. The fraction of sp³-hybridized carbons (Fsp3) is 0.714. The zero-order valence-electron chi connectivity index (χ0n) is 16.3. The maximum Gasteiger partial charge on any atom is 0.227 e. The number of rotatable bonds is 4. The van der Waals surface area contributed by atoms with Gasteiger partial charge >= 0.3 is 0 Å². The van der Waals surface area contributed by atoms with E-state index in [1.54, 1.807) is 0 Å². The Morgan fingerprint density at radius 2 is 1.93 bits per heavy atom. The van der Waals surface area contributed by atoms with Crippen LogP contribution in [0.4, 0.5) is 0 Å². The second-order valence-corrected chi connectivity index (χ2v) is 9.37. The van der Waals surface area contributed by atoms with Gasteiger partial charge < -0.3 is 4.90 Å². The monoisotopic (exact) mass is 388 g/mol. The van der Waals surface area contributed by atoms with Crippen molar-refractivity contribution < 1.29 is 4.79 Å². The van der Waals surface area contributed by atoms with E-state index in [1.165, 1.54) is 31.4 Å². The fourth-order valence-corrected chi connectivity index (χ4v) is 5.68. The molecule has 3 saturated heterocycles. The van der Waals surface area contributed by atoms with Gasteiger partial charge in [-0.2, -0.15) is 11.8 Å². The molecule has 3 fully saturated rings. The Morgan fingerprint density at radius 3 is 2.67 bits per heavy atom. The third-order valence-electron chi connectivity index (χ3n) is 6.33. The van der Waals surface area contributed by atoms with Crippen molar-refractivity contribution >= 4 is 17.7 Å². The van der Waals surface area contributed by atoms with E-state index in [9.17, 15) is 4.79 Å². The summed E-state index contributed by atoms with van der Waals surface area (Å²) < 4.78 is 0. The van der Waals surface area contributed by atoms with E-state index in [-0.39, 0.29) is 5.92 Å². The quantitative estimate of drug-likeness (QED) is 0.792. The number of piperidine rings is 2. The molecule has 1 amide bonds. The molecular weight excluding hydrogens is 356 g/mol. The van der Waals surface area contributed by atoms with Crippen molar-refractivity contribution in [2.24, 2.45) is 5.92 Å². The Bertz CT molecular complexity index is 599. The van der Waals surface area contributed by atoms with Gasteiger partial charge in [0.25, 0.3) is 0 Å². The number of likely N-dealkylation sites (tertiary alicyclic amines) is 2. The summed E-state index contributed by atoms with van der Waals surface area (Å²) in [6, 6.07) is 4.84. The number of aromatic nitrogens is 1. The number of carbonyl (C=O) groups excluding carboxylic acids is 1. The second kappa shape index (κ2) is 9.39. The van der Waals surface area contributed by atoms with Crippen molar-refractivity contribution in [3.63, 3.8) is 0 Å². The Balaban J connectivity index is 1.26. The predicted molar refractivity (Wildman–Crippen MR) is 111 cm³/mol. The minimum Gasteiger partial charge on any atom is -0.341 e. The molecule has 4 rings (SSSR count). The van der Waals surface area contributed by atoms with E-state index in [0.717, 1.165) is 57.2 Å². The molecule has 0 spiro atoms. The van der Waals surface area contributed by atoms with Crippen LogP contribution in [0.15, 0.2) is 24.5 Å². The van der Waals surface area contributed by atoms with Gasteiger partial charge in [0.15, 0.2) is 0 Å². The van der Waals surface area contributed by atoms with E-state index in [2.05, 4.69) is 25.8 Å². The number of thioether (sulfide) groups is 1. The summed E-state index contributed by atoms with van der Waals surface area (Å²) in [4.78, 5) is 24.4. The van der Waals surface area contributed by atoms with Crippen LogP contribution in [0.2, 0.25) is 0 Å². The average Bonchev–Trinajstić information content (AvgIpc) is 2.75. The molecule has 3 aliphatic heterocycles. The van der Waals surface area contributed by atoms with Gasteiger partial charge in [-0.3, -0.25) is 19.6 Å². The number of nitrogens with zero attached hydrogens (tertiary/aromatic N) is 4. The highest BCUT2D eigenvalue weighted by molar-refractivity contribution is 7.99. The van der Waals surface area contributed by atoms with Crippen molar-refractivity contribution in [1.82, 2.24) is 19.7 Å². The Kier molecular flexibility index (Phi) is 6.69. The molecular formula is C21H32N4OS. The highest BCUT2D eigenvalue weighted by Gasteiger charge is 2.33. The van der Waals surface area contributed by atoms with Crippen LogP contribution in [0, 0.1) is 5.92 Å². The smallest absolute Gasteiger partial charge is 0.227 e. The summed E-state index contributed by atoms with van der Waals surface area (Å²) in [6.07, 6.45) is 8.52. The molecule has 0 radical (unpaired) electrons. The van der Waals surface area contributed by atoms with Crippen LogP contribution in [0.25, 0.3) is 0 Å². The van der Waals surface area contributed by atoms with Crippen LogP contribution in [0.1, 0.15) is 31.2 Å². The minimum atomic E-state index is 0.232. The fourth-order valence-electron chi connectivity index (χ4n) is 4.77. The molecule has 0 saturated carbocycles. The van der Waals surface area contributed by atoms with Crippen LogP contribution < -0.4 is 0 Å². The molecule has 3 aliphatic rings. The first-order valence-corrected chi connectivity index (χ1v) is 11.7. The maximum atomic E-state index is 12.9. The van der Waals surface area contributed by atoms with Crippen molar-refractivity contribution in [3.8, 4) is 0 Å². The molecule has 0 N–H and O–H groups in total. The van der Waals surface area contributed by atoms with Gasteiger partial charge in [0.1, 0.15) is 0 Å². The summed E-state index contributed by atoms with van der Waals surface area (Å²) in [6.45, 7) is 7.37. The van der Waals surface area contributed by atoms with Gasteiger partial charge in [0.05, 0.1) is 5.92 Å². The lowest BCUT2D eigenvalue weighted by atomic mass is 9.92. The molecule has 4 heterocycles. The summed E-state index contributed by atoms with van der Waals surface area (Å²) in [5.41, 5.74) is 1.30. The Labute approximate surface area is 167 Å². The number of hydrogen-bond acceptors (Lipinski definition) is 5. The molecule has 148 valence electrons. The number of hydrogen-bond donors (Lipinski definition) is 0. The highest BCUT2D eigenvalue weighted by atomic mass is 32.2. The summed E-state index contributed by atoms with van der Waals surface area (Å²) >= 11 is 1.97. The molecule has 0 aromatic carbocycles. The predicted octanol–water partition coefficient (Wildman–Crippen LogP) is 2.33. The zero-order valence-corrected chi connectivity index (χ0v) is 17.1. The van der Waals surface area contributed by atoms with Crippen molar-refractivity contribution in [3.05, 3.63) is 30.1 Å². The van der Waals surface area contributed by atoms with E-state index >= 15 is 0 Å². The van der Waals surface area contributed by atoms with E-state index in [4.69, 9.17) is 0 Å². The van der Waals surface area contributed by atoms with E-state index in [0.29, 0.717) is 11.9 Å². The second-order valence-electron chi connectivity index (χ2n) is 8.14. The molecule has 1 atom stereocenters. The van der Waals surface area contributed by atoms with E-state index in [1.807, 2.05) is 30.2 Å². The first kappa shape index (κ1) is 19.2. The Morgan fingerprint density at radius 1 is 1.11 bits per heavy atom. The number of pyridine rings is 1. The zero-order chi connectivity index (χ0) is 18.5. The van der Waals surface area contributed by atoms with Crippen LogP contribution in [-0.2, 0) is 11.3 Å². The van der Waals surface area contributed by atoms with Gasteiger partial charge in [0.2, 0.25) is 5.91 Å². The van der Waals surface area contributed by atoms with Crippen molar-refractivity contribution in [1.29, 1.82) is 0 Å². The average molecular weight is 389 g/mol. The first-order valence-electron chi connectivity index (χ1n) is 10.5. The lowest BCUT2D eigenvalue weighted by molar-refractivity contribution is -0.137. The third-order valence-corrected chi connectivity index (χ3v) is 7.27. The number of carbonyl (C=O) groups is 1. The normalized spacial score (nSPS) is 26.2. The van der Waals surface area contributed by atoms with Gasteiger partial charge in [-0.1, -0.05) is 6.07 Å². The molecule has 0 aliphatic carbocycles. The van der Waals surface area contributed by atoms with Crippen molar-refractivity contribution in [2.75, 3.05) is 50.8 Å². The first-order chi connectivity index (χ1) is 13.3. The molecule has 1 aromatic heterocycles. The van der Waals surface area contributed by atoms with Crippen LogP contribution in [0.3, 0.4) is 0 Å². The third kappa shape index (κ3) is 5.04. The van der Waals surface area contributed by atoms with Crippen molar-refractivity contribution in [2.45, 2.75) is 38.3 Å². The van der Waals surface area contributed by atoms with E-state index < -0.39 is 0 Å². The summed E-state index contributed by atoms with van der Waals surface area (Å²) in [5, 5.41) is 0. The molecule has 0 bridgehead atoms. The van der Waals surface area contributed by atoms with Crippen LogP contribution in [-0.4, -0.2) is 82.4 Å². The van der Waals surface area contributed by atoms with Gasteiger partial charge in [-0.15, -0.1) is 0 Å². The van der Waals surface area contributed by atoms with Gasteiger partial charge in [0, 0.05) is 56.1 Å². The summed E-state index contributed by atoms with van der Waals surface area (Å²) in [5.74, 6) is 2.87. The maximum absolute atomic E-state index is 12.9. The highest BCUT2D eigenvalue weighted by Crippen LogP contribution is 2.26. The largest absolute Gasteiger partial charge is 0.341 e. The molecule has 5 nitrogen and oxygen atoms in total. The minimum absolute atomic E-state index is 0.232. The lowest BCUT2D eigenvalue weighted by Gasteiger charge is -2.43. The molecule has 1 aromatic rings. The number of amides is 1. The van der Waals surface area contributed by atoms with Gasteiger partial charge in [-0.25, -0.2) is 0 Å². The molecule has 0 unspecified atom stereocenters. The Hall–Kier alpha value is -1.11. The summed E-state index contributed by atoms with van der Waals surface area (Å²) in [7, 11) is 0. The SMILES string of the molecule is O=C([C@H]1CCCN(C2CCN(Cc3cccnc3)CC2)C1)N1CCSCC1. The van der Waals surface area contributed by atoms with Gasteiger partial charge in [-0.05, 0) is 56.9 Å². The topological polar surface area (TPSA) is 39.7 Å². The van der Waals surface area contributed by atoms with Crippen LogP contribution >= 0.6 is 11.8 Å². The molecule has 27 heavy (non-hydrogen) atoms. The van der Waals surface area contributed by atoms with Crippen LogP contribution in [0.5, 0.6) is 0 Å². The standard InChI is InChI=1S/C21H32N4OS/c26-21(24-11-13-27-14-12-24)19-4-2-8-25(17-19)20-5-9-23(10-6-20)16-18-3-1-7-22-15-18/h1,3,7,15,19-20H,2,4-6,8-14,16-17H2/t19-/m0/s1.